The molecule has 1 amide bonds. The number of ether oxygens (including phenoxy) is 2. The summed E-state index contributed by atoms with van der Waals surface area (Å²) in [6, 6.07) is -0.986. The summed E-state index contributed by atoms with van der Waals surface area (Å²) in [6.07, 6.45) is 47.2. The zero-order chi connectivity index (χ0) is 49.6. The molecule has 1 aliphatic rings. The fourth-order valence-corrected chi connectivity index (χ4v) is 10.0. The minimum Gasteiger partial charge on any atom is -0.394 e. The SMILES string of the molecule is CCCCCCCCCCCCCCCCCCCCCCCCCCCCCCCCCC(=O)N[C@@H](CO[C@@H]1O[C@H](CO)[C@@H](O)C(O)C1O)[C@H](O)[C@H](O)CCCCCCCCCCCCCC. The van der Waals surface area contributed by atoms with Crippen molar-refractivity contribution in [3.05, 3.63) is 0 Å². The molecule has 0 aromatic carbocycles. The number of carbonyl (C=O) groups is 1. The van der Waals surface area contributed by atoms with E-state index in [1.54, 1.807) is 0 Å². The van der Waals surface area contributed by atoms with Gasteiger partial charge < -0.3 is 45.4 Å². The van der Waals surface area contributed by atoms with Crippen molar-refractivity contribution in [2.75, 3.05) is 13.2 Å². The Bertz CT molecular complexity index is 1050. The fourth-order valence-electron chi connectivity index (χ4n) is 10.0. The van der Waals surface area contributed by atoms with Gasteiger partial charge in [0.1, 0.15) is 30.5 Å². The minimum atomic E-state index is -1.60. The average molecular weight is 971 g/mol. The Morgan fingerprint density at radius 2 is 0.765 bits per heavy atom. The van der Waals surface area contributed by atoms with Crippen LogP contribution in [0.15, 0.2) is 0 Å². The molecule has 1 aliphatic heterocycles. The maximum Gasteiger partial charge on any atom is 0.220 e. The minimum absolute atomic E-state index is 0.251. The molecule has 10 nitrogen and oxygen atoms in total. The monoisotopic (exact) mass is 970 g/mol. The van der Waals surface area contributed by atoms with Gasteiger partial charge in [-0.2, -0.15) is 0 Å². The number of aliphatic hydroxyl groups is 6. The highest BCUT2D eigenvalue weighted by Gasteiger charge is 2.44. The number of aliphatic hydroxyl groups excluding tert-OH is 6. The van der Waals surface area contributed by atoms with E-state index in [1.807, 2.05) is 0 Å². The first-order chi connectivity index (χ1) is 33.3. The first-order valence-corrected chi connectivity index (χ1v) is 29.8. The number of hydrogen-bond acceptors (Lipinski definition) is 9. The molecule has 0 aromatic rings. The molecule has 1 heterocycles. The van der Waals surface area contributed by atoms with Crippen LogP contribution < -0.4 is 5.32 Å². The van der Waals surface area contributed by atoms with Gasteiger partial charge in [0.2, 0.25) is 5.91 Å². The lowest BCUT2D eigenvalue weighted by Gasteiger charge is -2.40. The van der Waals surface area contributed by atoms with Crippen LogP contribution >= 0.6 is 0 Å². The maximum absolute atomic E-state index is 13.1. The summed E-state index contributed by atoms with van der Waals surface area (Å²) in [7, 11) is 0. The second kappa shape index (κ2) is 48.4. The van der Waals surface area contributed by atoms with Crippen molar-refractivity contribution in [2.24, 2.45) is 0 Å². The molecule has 0 bridgehead atoms. The molecule has 406 valence electrons. The van der Waals surface area contributed by atoms with E-state index in [0.717, 1.165) is 38.5 Å². The van der Waals surface area contributed by atoms with Gasteiger partial charge >= 0.3 is 0 Å². The standard InChI is InChI=1S/C58H115NO9/c1-3-5-7-9-11-13-15-17-18-19-20-21-22-23-24-25-26-27-28-29-30-31-32-33-34-35-37-39-41-43-45-47-53(62)59-50(49-67-58-57(66)56(65)55(64)52(48-60)68-58)54(63)51(61)46-44-42-40-38-36-16-14-12-10-8-6-4-2/h50-52,54-58,60-61,63-66H,3-49H2,1-2H3,(H,59,62)/t50-,51+,52+,54-,55+,56?,57?,58+/m0/s1. The summed E-state index contributed by atoms with van der Waals surface area (Å²) in [5.41, 5.74) is 0. The molecule has 68 heavy (non-hydrogen) atoms. The van der Waals surface area contributed by atoms with E-state index in [0.29, 0.717) is 6.42 Å². The Kier molecular flexibility index (Phi) is 46.4. The second-order valence-corrected chi connectivity index (χ2v) is 21.3. The van der Waals surface area contributed by atoms with Crippen LogP contribution in [-0.4, -0.2) is 98.7 Å². The molecule has 0 aromatic heterocycles. The number of amides is 1. The van der Waals surface area contributed by atoms with Crippen LogP contribution in [0.4, 0.5) is 0 Å². The van der Waals surface area contributed by atoms with Crippen LogP contribution in [0.3, 0.4) is 0 Å². The van der Waals surface area contributed by atoms with Gasteiger partial charge in [0.15, 0.2) is 6.29 Å². The van der Waals surface area contributed by atoms with Gasteiger partial charge in [-0.1, -0.05) is 284 Å². The van der Waals surface area contributed by atoms with Crippen molar-refractivity contribution in [1.82, 2.24) is 5.32 Å². The number of rotatable bonds is 52. The van der Waals surface area contributed by atoms with Crippen LogP contribution in [0.2, 0.25) is 0 Å². The Balaban J connectivity index is 2.13. The molecule has 2 unspecified atom stereocenters. The lowest BCUT2D eigenvalue weighted by atomic mass is 9.98. The smallest absolute Gasteiger partial charge is 0.220 e. The topological polar surface area (TPSA) is 169 Å². The number of hydrogen-bond donors (Lipinski definition) is 7. The van der Waals surface area contributed by atoms with Crippen LogP contribution in [-0.2, 0) is 14.3 Å². The lowest BCUT2D eigenvalue weighted by Crippen LogP contribution is -2.60. The van der Waals surface area contributed by atoms with Crippen molar-refractivity contribution in [2.45, 2.75) is 352 Å². The number of nitrogens with one attached hydrogen (secondary N) is 1. The van der Waals surface area contributed by atoms with Gasteiger partial charge in [-0.15, -0.1) is 0 Å². The molecule has 10 heteroatoms. The predicted molar refractivity (Wildman–Crippen MR) is 283 cm³/mol. The van der Waals surface area contributed by atoms with Crippen molar-refractivity contribution < 1.29 is 44.9 Å². The first-order valence-electron chi connectivity index (χ1n) is 29.8. The largest absolute Gasteiger partial charge is 0.394 e. The summed E-state index contributed by atoms with van der Waals surface area (Å²) < 4.78 is 11.2. The highest BCUT2D eigenvalue weighted by atomic mass is 16.7. The van der Waals surface area contributed by atoms with Gasteiger partial charge in [-0.25, -0.2) is 0 Å². The zero-order valence-electron chi connectivity index (χ0n) is 44.8. The van der Waals surface area contributed by atoms with E-state index in [4.69, 9.17) is 9.47 Å². The molecular weight excluding hydrogens is 855 g/mol. The summed E-state index contributed by atoms with van der Waals surface area (Å²) >= 11 is 0. The van der Waals surface area contributed by atoms with E-state index in [9.17, 15) is 35.4 Å². The number of carbonyl (C=O) groups excluding carboxylic acids is 1. The lowest BCUT2D eigenvalue weighted by molar-refractivity contribution is -0.303. The molecule has 1 fully saturated rings. The van der Waals surface area contributed by atoms with Gasteiger partial charge in [0, 0.05) is 6.42 Å². The third kappa shape index (κ3) is 37.0. The Hall–Kier alpha value is -0.850. The Morgan fingerprint density at radius 1 is 0.456 bits per heavy atom. The molecule has 8 atom stereocenters. The van der Waals surface area contributed by atoms with Crippen molar-refractivity contribution >= 4 is 5.91 Å². The average Bonchev–Trinajstić information content (AvgIpc) is 3.34. The van der Waals surface area contributed by atoms with E-state index in [2.05, 4.69) is 19.2 Å². The normalized spacial score (nSPS) is 19.9. The molecule has 1 saturated heterocycles. The second-order valence-electron chi connectivity index (χ2n) is 21.3. The highest BCUT2D eigenvalue weighted by molar-refractivity contribution is 5.76. The molecular formula is C58H115NO9. The molecule has 1 rings (SSSR count). The summed E-state index contributed by atoms with van der Waals surface area (Å²) in [5, 5.41) is 65.4. The fraction of sp³-hybridized carbons (Fsp3) is 0.983. The maximum atomic E-state index is 13.1. The van der Waals surface area contributed by atoms with Crippen LogP contribution in [0.25, 0.3) is 0 Å². The van der Waals surface area contributed by atoms with E-state index in [1.165, 1.54) is 238 Å². The molecule has 0 spiro atoms. The molecule has 0 saturated carbocycles. The van der Waals surface area contributed by atoms with E-state index in [-0.39, 0.29) is 18.9 Å². The predicted octanol–water partition coefficient (Wildman–Crippen LogP) is 13.6. The van der Waals surface area contributed by atoms with Crippen LogP contribution in [0.5, 0.6) is 0 Å². The third-order valence-electron chi connectivity index (χ3n) is 14.8. The Morgan fingerprint density at radius 3 is 1.09 bits per heavy atom. The third-order valence-corrected chi connectivity index (χ3v) is 14.8. The van der Waals surface area contributed by atoms with Gasteiger partial charge in [-0.3, -0.25) is 4.79 Å². The quantitative estimate of drug-likeness (QED) is 0.0293. The summed E-state index contributed by atoms with van der Waals surface area (Å²) in [5.74, 6) is -0.251. The summed E-state index contributed by atoms with van der Waals surface area (Å²) in [4.78, 5) is 13.1. The van der Waals surface area contributed by atoms with Gasteiger partial charge in [0.25, 0.3) is 0 Å². The van der Waals surface area contributed by atoms with E-state index < -0.39 is 55.6 Å². The Labute approximate surface area is 419 Å². The van der Waals surface area contributed by atoms with Crippen LogP contribution in [0, 0.1) is 0 Å². The van der Waals surface area contributed by atoms with Gasteiger partial charge in [0.05, 0.1) is 25.4 Å². The summed E-state index contributed by atoms with van der Waals surface area (Å²) in [6.45, 7) is 3.64. The van der Waals surface area contributed by atoms with Crippen molar-refractivity contribution in [3.63, 3.8) is 0 Å². The van der Waals surface area contributed by atoms with Crippen molar-refractivity contribution in [1.29, 1.82) is 0 Å². The molecule has 7 N–H and O–H groups in total. The van der Waals surface area contributed by atoms with Gasteiger partial charge in [-0.05, 0) is 12.8 Å². The van der Waals surface area contributed by atoms with Crippen molar-refractivity contribution in [3.8, 4) is 0 Å². The first kappa shape index (κ1) is 65.2. The highest BCUT2D eigenvalue weighted by Crippen LogP contribution is 2.24. The molecule has 0 radical (unpaired) electrons. The molecule has 0 aliphatic carbocycles. The number of unbranched alkanes of at least 4 members (excludes halogenated alkanes) is 41. The van der Waals surface area contributed by atoms with E-state index >= 15 is 0 Å². The van der Waals surface area contributed by atoms with Crippen LogP contribution in [0.1, 0.15) is 303 Å². The zero-order valence-corrected chi connectivity index (χ0v) is 44.8.